The van der Waals surface area contributed by atoms with Crippen LogP contribution in [0.25, 0.3) is 22.2 Å². The summed E-state index contributed by atoms with van der Waals surface area (Å²) in [6.45, 7) is 0. The van der Waals surface area contributed by atoms with Gasteiger partial charge in [-0.05, 0) is 36.4 Å². The Bertz CT molecular complexity index is 1120. The van der Waals surface area contributed by atoms with Gasteiger partial charge in [0, 0.05) is 22.2 Å². The van der Waals surface area contributed by atoms with E-state index in [1.807, 2.05) is 48.5 Å². The van der Waals surface area contributed by atoms with Crippen molar-refractivity contribution in [2.24, 2.45) is 5.10 Å². The van der Waals surface area contributed by atoms with Crippen molar-refractivity contribution >= 4 is 34.6 Å². The summed E-state index contributed by atoms with van der Waals surface area (Å²) in [5.41, 5.74) is 6.21. The van der Waals surface area contributed by atoms with Crippen LogP contribution >= 0.6 is 11.6 Å². The average molecular weight is 375 g/mol. The van der Waals surface area contributed by atoms with Crippen LogP contribution in [0.3, 0.4) is 0 Å². The van der Waals surface area contributed by atoms with Gasteiger partial charge < -0.3 is 4.98 Å². The highest BCUT2D eigenvalue weighted by Crippen LogP contribution is 2.25. The van der Waals surface area contributed by atoms with Gasteiger partial charge in [0.1, 0.15) is 0 Å². The zero-order chi connectivity index (χ0) is 18.6. The van der Waals surface area contributed by atoms with Gasteiger partial charge in [-0.2, -0.15) is 5.10 Å². The lowest BCUT2D eigenvalue weighted by atomic mass is 10.0. The van der Waals surface area contributed by atoms with E-state index in [9.17, 15) is 4.79 Å². The summed E-state index contributed by atoms with van der Waals surface area (Å²) < 4.78 is 0. The number of hydrogen-bond donors (Lipinski definition) is 2. The van der Waals surface area contributed by atoms with E-state index in [1.165, 1.54) is 0 Å². The van der Waals surface area contributed by atoms with E-state index >= 15 is 0 Å². The number of amides is 1. The fraction of sp³-hybridized carbons (Fsp3) is 0. The smallest absolute Gasteiger partial charge is 0.272 e. The van der Waals surface area contributed by atoms with Crippen LogP contribution in [0.5, 0.6) is 0 Å². The number of rotatable bonds is 4. The van der Waals surface area contributed by atoms with E-state index in [0.717, 1.165) is 22.2 Å². The van der Waals surface area contributed by atoms with Crippen molar-refractivity contribution in [2.45, 2.75) is 0 Å². The van der Waals surface area contributed by atoms with Crippen molar-refractivity contribution in [3.63, 3.8) is 0 Å². The molecule has 1 amide bonds. The van der Waals surface area contributed by atoms with Gasteiger partial charge >= 0.3 is 0 Å². The van der Waals surface area contributed by atoms with Gasteiger partial charge in [-0.15, -0.1) is 0 Å². The predicted molar refractivity (Wildman–Crippen MR) is 108 cm³/mol. The van der Waals surface area contributed by atoms with Crippen molar-refractivity contribution in [2.75, 3.05) is 0 Å². The summed E-state index contributed by atoms with van der Waals surface area (Å²) in [6, 6.07) is 20.4. The van der Waals surface area contributed by atoms with Gasteiger partial charge in [-0.25, -0.2) is 10.4 Å². The number of pyridine rings is 1. The molecule has 0 atom stereocenters. The highest BCUT2D eigenvalue weighted by molar-refractivity contribution is 6.30. The van der Waals surface area contributed by atoms with Crippen LogP contribution in [0.15, 0.2) is 78.0 Å². The Hall–Kier alpha value is -3.44. The fourth-order valence-corrected chi connectivity index (χ4v) is 2.90. The Kier molecular flexibility index (Phi) is 4.68. The quantitative estimate of drug-likeness (QED) is 0.403. The lowest BCUT2D eigenvalue weighted by Gasteiger charge is -2.09. The molecule has 0 spiro atoms. The van der Waals surface area contributed by atoms with E-state index in [-0.39, 0.29) is 5.91 Å². The van der Waals surface area contributed by atoms with Crippen molar-refractivity contribution in [1.82, 2.24) is 15.4 Å². The monoisotopic (exact) mass is 374 g/mol. The molecule has 2 aromatic heterocycles. The zero-order valence-electron chi connectivity index (χ0n) is 14.2. The molecule has 0 bridgehead atoms. The maximum absolute atomic E-state index is 12.7. The Morgan fingerprint density at radius 3 is 2.67 bits per heavy atom. The van der Waals surface area contributed by atoms with Crippen molar-refractivity contribution < 1.29 is 4.79 Å². The summed E-state index contributed by atoms with van der Waals surface area (Å²) in [4.78, 5) is 20.4. The van der Waals surface area contributed by atoms with E-state index < -0.39 is 0 Å². The van der Waals surface area contributed by atoms with E-state index in [0.29, 0.717) is 16.3 Å². The SMILES string of the molecule is O=C(N/N=C/c1ccc[nH]1)c1cc(-c2ccc(Cl)cc2)nc2ccccc12. The molecule has 4 aromatic rings. The number of halogens is 1. The first-order valence-electron chi connectivity index (χ1n) is 8.33. The topological polar surface area (TPSA) is 70.1 Å². The molecule has 5 nitrogen and oxygen atoms in total. The largest absolute Gasteiger partial charge is 0.360 e. The molecule has 0 saturated carbocycles. The third-order valence-corrected chi connectivity index (χ3v) is 4.34. The zero-order valence-corrected chi connectivity index (χ0v) is 14.9. The highest BCUT2D eigenvalue weighted by atomic mass is 35.5. The molecule has 2 aromatic carbocycles. The number of benzene rings is 2. The van der Waals surface area contributed by atoms with Gasteiger partial charge in [0.05, 0.1) is 28.7 Å². The lowest BCUT2D eigenvalue weighted by molar-refractivity contribution is 0.0956. The first-order chi connectivity index (χ1) is 13.2. The van der Waals surface area contributed by atoms with Crippen molar-refractivity contribution in [3.05, 3.63) is 89.2 Å². The molecule has 2 N–H and O–H groups in total. The van der Waals surface area contributed by atoms with Crippen molar-refractivity contribution in [1.29, 1.82) is 0 Å². The predicted octanol–water partition coefficient (Wildman–Crippen LogP) is 4.65. The summed E-state index contributed by atoms with van der Waals surface area (Å²) in [7, 11) is 0. The third-order valence-electron chi connectivity index (χ3n) is 4.09. The van der Waals surface area contributed by atoms with Gasteiger partial charge in [-0.1, -0.05) is 41.9 Å². The molecule has 0 fully saturated rings. The van der Waals surface area contributed by atoms with Crippen LogP contribution < -0.4 is 5.43 Å². The molecule has 132 valence electrons. The molecule has 2 heterocycles. The molecular formula is C21H15ClN4O. The molecule has 0 aliphatic heterocycles. The van der Waals surface area contributed by atoms with Gasteiger partial charge in [-0.3, -0.25) is 4.79 Å². The minimum atomic E-state index is -0.299. The maximum Gasteiger partial charge on any atom is 0.272 e. The van der Waals surface area contributed by atoms with Crippen LogP contribution in [0.4, 0.5) is 0 Å². The summed E-state index contributed by atoms with van der Waals surface area (Å²) in [5.74, 6) is -0.299. The number of aromatic amines is 1. The molecular weight excluding hydrogens is 360 g/mol. The number of carbonyl (C=O) groups excluding carboxylic acids is 1. The molecule has 4 rings (SSSR count). The highest BCUT2D eigenvalue weighted by Gasteiger charge is 2.13. The van der Waals surface area contributed by atoms with E-state index in [4.69, 9.17) is 11.6 Å². The van der Waals surface area contributed by atoms with Gasteiger partial charge in [0.2, 0.25) is 0 Å². The number of aromatic nitrogens is 2. The van der Waals surface area contributed by atoms with Crippen LogP contribution in [0, 0.1) is 0 Å². The molecule has 0 unspecified atom stereocenters. The number of para-hydroxylation sites is 1. The standard InChI is InChI=1S/C21H15ClN4O/c22-15-9-7-14(8-10-15)20-12-18(17-5-1-2-6-19(17)25-20)21(27)26-24-13-16-4-3-11-23-16/h1-13,23H,(H,26,27)/b24-13+. The third kappa shape index (κ3) is 3.73. The van der Waals surface area contributed by atoms with E-state index in [2.05, 4.69) is 20.5 Å². The molecule has 6 heteroatoms. The molecule has 27 heavy (non-hydrogen) atoms. The number of fused-ring (bicyclic) bond motifs is 1. The number of H-pyrrole nitrogens is 1. The Labute approximate surface area is 160 Å². The Morgan fingerprint density at radius 2 is 1.89 bits per heavy atom. The van der Waals surface area contributed by atoms with Gasteiger partial charge in [0.25, 0.3) is 5.91 Å². The molecule has 0 radical (unpaired) electrons. The summed E-state index contributed by atoms with van der Waals surface area (Å²) in [6.07, 6.45) is 3.35. The number of nitrogens with zero attached hydrogens (tertiary/aromatic N) is 2. The minimum absolute atomic E-state index is 0.299. The molecule has 0 saturated heterocycles. The lowest BCUT2D eigenvalue weighted by Crippen LogP contribution is -2.18. The summed E-state index contributed by atoms with van der Waals surface area (Å²) in [5, 5.41) is 5.43. The van der Waals surface area contributed by atoms with Gasteiger partial charge in [0.15, 0.2) is 0 Å². The Morgan fingerprint density at radius 1 is 1.07 bits per heavy atom. The van der Waals surface area contributed by atoms with Crippen LogP contribution in [-0.2, 0) is 0 Å². The average Bonchev–Trinajstić information content (AvgIpc) is 3.21. The van der Waals surface area contributed by atoms with Crippen molar-refractivity contribution in [3.8, 4) is 11.3 Å². The van der Waals surface area contributed by atoms with E-state index in [1.54, 1.807) is 30.6 Å². The minimum Gasteiger partial charge on any atom is -0.360 e. The number of hydrazone groups is 1. The normalized spacial score (nSPS) is 11.1. The van der Waals surface area contributed by atoms with Crippen LogP contribution in [0.1, 0.15) is 16.1 Å². The second kappa shape index (κ2) is 7.43. The molecule has 0 aliphatic carbocycles. The number of hydrogen-bond acceptors (Lipinski definition) is 3. The maximum atomic E-state index is 12.7. The number of nitrogens with one attached hydrogen (secondary N) is 2. The number of carbonyl (C=O) groups is 1. The van der Waals surface area contributed by atoms with Crippen LogP contribution in [0.2, 0.25) is 5.02 Å². The second-order valence-corrected chi connectivity index (χ2v) is 6.34. The fourth-order valence-electron chi connectivity index (χ4n) is 2.78. The summed E-state index contributed by atoms with van der Waals surface area (Å²) >= 11 is 5.97. The van der Waals surface area contributed by atoms with Crippen LogP contribution in [-0.4, -0.2) is 22.1 Å². The second-order valence-electron chi connectivity index (χ2n) is 5.90. The Balaban J connectivity index is 1.71. The first kappa shape index (κ1) is 17.0. The molecule has 0 aliphatic rings. The first-order valence-corrected chi connectivity index (χ1v) is 8.71.